The molecule has 0 spiro atoms. The van der Waals surface area contributed by atoms with Crippen LogP contribution in [0.1, 0.15) is 15.9 Å². The van der Waals surface area contributed by atoms with E-state index in [0.717, 1.165) is 0 Å². The number of hydrogen-bond acceptors (Lipinski definition) is 2. The highest BCUT2D eigenvalue weighted by Crippen LogP contribution is 2.27. The van der Waals surface area contributed by atoms with Crippen LogP contribution in [-0.2, 0) is 0 Å². The van der Waals surface area contributed by atoms with Crippen LogP contribution in [0, 0.1) is 12.7 Å². The van der Waals surface area contributed by atoms with Crippen molar-refractivity contribution in [3.63, 3.8) is 0 Å². The Morgan fingerprint density at radius 2 is 1.95 bits per heavy atom. The van der Waals surface area contributed by atoms with Crippen LogP contribution in [-0.4, -0.2) is 13.0 Å². The van der Waals surface area contributed by atoms with Gasteiger partial charge in [-0.15, -0.1) is 0 Å². The molecule has 0 aromatic heterocycles. The van der Waals surface area contributed by atoms with E-state index < -0.39 is 0 Å². The van der Waals surface area contributed by atoms with Gasteiger partial charge in [-0.1, -0.05) is 11.6 Å². The summed E-state index contributed by atoms with van der Waals surface area (Å²) in [5.74, 6) is -0.617. The highest BCUT2D eigenvalue weighted by Gasteiger charge is 2.16. The van der Waals surface area contributed by atoms with E-state index in [4.69, 9.17) is 17.3 Å². The van der Waals surface area contributed by atoms with Crippen LogP contribution in [0.25, 0.3) is 0 Å². The Balaban J connectivity index is 2.37. The first-order chi connectivity index (χ1) is 9.40. The molecule has 0 atom stereocenters. The summed E-state index contributed by atoms with van der Waals surface area (Å²) >= 11 is 5.91. The molecule has 5 heteroatoms. The van der Waals surface area contributed by atoms with E-state index >= 15 is 0 Å². The minimum atomic E-state index is -0.341. The van der Waals surface area contributed by atoms with Gasteiger partial charge in [-0.2, -0.15) is 0 Å². The molecule has 0 fully saturated rings. The van der Waals surface area contributed by atoms with Crippen molar-refractivity contribution in [2.24, 2.45) is 0 Å². The van der Waals surface area contributed by atoms with Crippen molar-refractivity contribution in [2.75, 3.05) is 17.7 Å². The number of aryl methyl sites for hydroxylation is 1. The van der Waals surface area contributed by atoms with Crippen molar-refractivity contribution in [3.05, 3.63) is 58.4 Å². The summed E-state index contributed by atoms with van der Waals surface area (Å²) in [6, 6.07) is 9.14. The van der Waals surface area contributed by atoms with E-state index in [-0.39, 0.29) is 11.7 Å². The molecule has 0 aliphatic heterocycles. The molecule has 0 unspecified atom stereocenters. The number of nitrogen functional groups attached to an aromatic ring is 1. The van der Waals surface area contributed by atoms with Crippen LogP contribution in [0.4, 0.5) is 15.8 Å². The van der Waals surface area contributed by atoms with Crippen molar-refractivity contribution < 1.29 is 9.18 Å². The van der Waals surface area contributed by atoms with Crippen molar-refractivity contribution in [3.8, 4) is 0 Å². The molecular formula is C15H14ClFN2O. The maximum Gasteiger partial charge on any atom is 0.258 e. The minimum absolute atomic E-state index is 0.276. The summed E-state index contributed by atoms with van der Waals surface area (Å²) in [5, 5.41) is 0.490. The highest BCUT2D eigenvalue weighted by atomic mass is 35.5. The molecule has 0 heterocycles. The second kappa shape index (κ2) is 5.51. The van der Waals surface area contributed by atoms with Gasteiger partial charge in [0.25, 0.3) is 5.91 Å². The second-order valence-corrected chi connectivity index (χ2v) is 4.97. The van der Waals surface area contributed by atoms with Crippen molar-refractivity contribution >= 4 is 28.9 Å². The lowest BCUT2D eigenvalue weighted by molar-refractivity contribution is 0.0993. The average Bonchev–Trinajstić information content (AvgIpc) is 2.43. The molecule has 0 saturated heterocycles. The molecule has 0 bridgehead atoms. The first kappa shape index (κ1) is 14.3. The number of rotatable bonds is 2. The smallest absolute Gasteiger partial charge is 0.258 e. The third kappa shape index (κ3) is 2.75. The predicted molar refractivity (Wildman–Crippen MR) is 79.7 cm³/mol. The number of anilines is 2. The van der Waals surface area contributed by atoms with Gasteiger partial charge in [0.15, 0.2) is 0 Å². The Labute approximate surface area is 121 Å². The molecule has 2 aromatic carbocycles. The summed E-state index contributed by atoms with van der Waals surface area (Å²) in [6.07, 6.45) is 0. The van der Waals surface area contributed by atoms with Crippen molar-refractivity contribution in [2.45, 2.75) is 6.92 Å². The molecule has 3 nitrogen and oxygen atoms in total. The van der Waals surface area contributed by atoms with Crippen LogP contribution in [0.2, 0.25) is 5.02 Å². The van der Waals surface area contributed by atoms with Crippen LogP contribution in [0.5, 0.6) is 0 Å². The number of nitrogens with two attached hydrogens (primary N) is 1. The van der Waals surface area contributed by atoms with Gasteiger partial charge in [0.1, 0.15) is 5.82 Å². The summed E-state index contributed by atoms with van der Waals surface area (Å²) in [6.45, 7) is 1.61. The van der Waals surface area contributed by atoms with E-state index in [1.165, 1.54) is 23.1 Å². The Hall–Kier alpha value is -2.07. The zero-order valence-electron chi connectivity index (χ0n) is 11.2. The quantitative estimate of drug-likeness (QED) is 0.859. The van der Waals surface area contributed by atoms with E-state index in [2.05, 4.69) is 0 Å². The molecule has 2 aromatic rings. The number of hydrogen-bond donors (Lipinski definition) is 1. The van der Waals surface area contributed by atoms with Gasteiger partial charge < -0.3 is 10.6 Å². The molecular weight excluding hydrogens is 279 g/mol. The normalized spacial score (nSPS) is 10.4. The lowest BCUT2D eigenvalue weighted by Crippen LogP contribution is -2.27. The Morgan fingerprint density at radius 3 is 2.60 bits per heavy atom. The van der Waals surface area contributed by atoms with Gasteiger partial charge >= 0.3 is 0 Å². The van der Waals surface area contributed by atoms with Gasteiger partial charge in [-0.05, 0) is 48.9 Å². The Bertz CT molecular complexity index is 673. The maximum absolute atomic E-state index is 13.2. The summed E-state index contributed by atoms with van der Waals surface area (Å²) in [7, 11) is 1.60. The fraction of sp³-hybridized carbons (Fsp3) is 0.133. The van der Waals surface area contributed by atoms with Gasteiger partial charge in [0.2, 0.25) is 0 Å². The number of nitrogens with zero attached hydrogens (tertiary/aromatic N) is 1. The molecule has 104 valence electrons. The largest absolute Gasteiger partial charge is 0.397 e. The topological polar surface area (TPSA) is 46.3 Å². The molecule has 2 N–H and O–H groups in total. The number of benzene rings is 2. The molecule has 20 heavy (non-hydrogen) atoms. The lowest BCUT2D eigenvalue weighted by Gasteiger charge is -2.19. The zero-order chi connectivity index (χ0) is 14.9. The zero-order valence-corrected chi connectivity index (χ0v) is 11.9. The number of halogens is 2. The number of amides is 1. The van der Waals surface area contributed by atoms with Gasteiger partial charge in [-0.3, -0.25) is 4.79 Å². The monoisotopic (exact) mass is 292 g/mol. The van der Waals surface area contributed by atoms with Crippen molar-refractivity contribution in [1.29, 1.82) is 0 Å². The molecule has 0 aliphatic rings. The fourth-order valence-electron chi connectivity index (χ4n) is 1.89. The first-order valence-corrected chi connectivity index (χ1v) is 6.37. The minimum Gasteiger partial charge on any atom is -0.397 e. The Kier molecular flexibility index (Phi) is 3.95. The van der Waals surface area contributed by atoms with Gasteiger partial charge in [0, 0.05) is 17.6 Å². The second-order valence-electron chi connectivity index (χ2n) is 4.53. The van der Waals surface area contributed by atoms with E-state index in [1.54, 1.807) is 32.2 Å². The van der Waals surface area contributed by atoms with Crippen LogP contribution >= 0.6 is 11.6 Å². The number of carbonyl (C=O) groups is 1. The van der Waals surface area contributed by atoms with Gasteiger partial charge in [-0.25, -0.2) is 4.39 Å². The third-order valence-electron chi connectivity index (χ3n) is 3.06. The molecule has 1 amide bonds. The third-order valence-corrected chi connectivity index (χ3v) is 3.30. The average molecular weight is 293 g/mol. The molecule has 0 saturated carbocycles. The van der Waals surface area contributed by atoms with E-state index in [9.17, 15) is 9.18 Å². The van der Waals surface area contributed by atoms with Gasteiger partial charge in [0.05, 0.1) is 11.4 Å². The van der Waals surface area contributed by atoms with Crippen LogP contribution in [0.15, 0.2) is 36.4 Å². The summed E-state index contributed by atoms with van der Waals surface area (Å²) in [4.78, 5) is 13.8. The fourth-order valence-corrected chi connectivity index (χ4v) is 2.05. The summed E-state index contributed by atoms with van der Waals surface area (Å²) in [5.41, 5.74) is 7.63. The summed E-state index contributed by atoms with van der Waals surface area (Å²) < 4.78 is 13.2. The van der Waals surface area contributed by atoms with E-state index in [0.29, 0.717) is 27.5 Å². The highest BCUT2D eigenvalue weighted by molar-refractivity contribution is 6.31. The first-order valence-electron chi connectivity index (χ1n) is 5.99. The standard InChI is InChI=1S/C15H14ClFN2O/c1-9-7-10(3-5-12(9)17)15(20)19(2)14-8-11(16)4-6-13(14)18/h3-8H,18H2,1-2H3. The lowest BCUT2D eigenvalue weighted by atomic mass is 10.1. The van der Waals surface area contributed by atoms with Crippen molar-refractivity contribution in [1.82, 2.24) is 0 Å². The molecule has 0 radical (unpaired) electrons. The van der Waals surface area contributed by atoms with Crippen LogP contribution in [0.3, 0.4) is 0 Å². The maximum atomic E-state index is 13.2. The Morgan fingerprint density at radius 1 is 1.25 bits per heavy atom. The number of carbonyl (C=O) groups excluding carboxylic acids is 1. The van der Waals surface area contributed by atoms with E-state index in [1.807, 2.05) is 0 Å². The SMILES string of the molecule is Cc1cc(C(=O)N(C)c2cc(Cl)ccc2N)ccc1F. The predicted octanol–water partition coefficient (Wildman–Crippen LogP) is 3.65. The van der Waals surface area contributed by atoms with Crippen LogP contribution < -0.4 is 10.6 Å². The molecule has 0 aliphatic carbocycles. The molecule has 2 rings (SSSR count).